The molecule has 1 rings (SSSR count). The molecule has 0 bridgehead atoms. The SMILES string of the molecule is COc1ccccc1OCCN(CCN)CC(C)C. The highest BCUT2D eigenvalue weighted by molar-refractivity contribution is 5.39. The fourth-order valence-corrected chi connectivity index (χ4v) is 2.02. The second-order valence-electron chi connectivity index (χ2n) is 4.98. The third kappa shape index (κ3) is 5.94. The van der Waals surface area contributed by atoms with E-state index in [2.05, 4.69) is 18.7 Å². The van der Waals surface area contributed by atoms with Crippen LogP contribution >= 0.6 is 0 Å². The van der Waals surface area contributed by atoms with Crippen molar-refractivity contribution in [2.45, 2.75) is 13.8 Å². The molecular weight excluding hydrogens is 240 g/mol. The standard InChI is InChI=1S/C15H26N2O2/c1-13(2)12-17(9-8-16)10-11-19-15-7-5-4-6-14(15)18-3/h4-7,13H,8-12,16H2,1-3H3. The van der Waals surface area contributed by atoms with Gasteiger partial charge in [-0.2, -0.15) is 0 Å². The Balaban J connectivity index is 2.42. The molecule has 0 heterocycles. The number of benzene rings is 1. The average Bonchev–Trinajstić information content (AvgIpc) is 2.39. The molecule has 0 saturated heterocycles. The molecule has 108 valence electrons. The number of hydrogen-bond donors (Lipinski definition) is 1. The molecule has 0 amide bonds. The molecule has 0 aliphatic rings. The van der Waals surface area contributed by atoms with Crippen molar-refractivity contribution in [3.05, 3.63) is 24.3 Å². The summed E-state index contributed by atoms with van der Waals surface area (Å²) in [5.41, 5.74) is 5.63. The van der Waals surface area contributed by atoms with Crippen LogP contribution in [0.25, 0.3) is 0 Å². The van der Waals surface area contributed by atoms with Crippen molar-refractivity contribution in [3.63, 3.8) is 0 Å². The maximum Gasteiger partial charge on any atom is 0.161 e. The first-order valence-corrected chi connectivity index (χ1v) is 6.85. The Morgan fingerprint density at radius 3 is 2.42 bits per heavy atom. The lowest BCUT2D eigenvalue weighted by Crippen LogP contribution is -2.35. The molecule has 0 atom stereocenters. The van der Waals surface area contributed by atoms with Crippen molar-refractivity contribution < 1.29 is 9.47 Å². The summed E-state index contributed by atoms with van der Waals surface area (Å²) in [6.45, 7) is 8.59. The summed E-state index contributed by atoms with van der Waals surface area (Å²) in [5.74, 6) is 2.21. The van der Waals surface area contributed by atoms with Gasteiger partial charge in [0, 0.05) is 26.2 Å². The van der Waals surface area contributed by atoms with Crippen molar-refractivity contribution in [2.75, 3.05) is 39.9 Å². The summed E-state index contributed by atoms with van der Waals surface area (Å²) in [5, 5.41) is 0. The third-order valence-electron chi connectivity index (χ3n) is 2.80. The van der Waals surface area contributed by atoms with E-state index in [9.17, 15) is 0 Å². The first-order valence-electron chi connectivity index (χ1n) is 6.85. The molecule has 0 unspecified atom stereocenters. The highest BCUT2D eigenvalue weighted by Gasteiger charge is 2.08. The molecule has 0 saturated carbocycles. The quantitative estimate of drug-likeness (QED) is 0.742. The van der Waals surface area contributed by atoms with Gasteiger partial charge in [0.05, 0.1) is 7.11 Å². The van der Waals surface area contributed by atoms with Gasteiger partial charge < -0.3 is 15.2 Å². The number of para-hydroxylation sites is 2. The van der Waals surface area contributed by atoms with Crippen LogP contribution < -0.4 is 15.2 Å². The fraction of sp³-hybridized carbons (Fsp3) is 0.600. The van der Waals surface area contributed by atoms with Gasteiger partial charge in [-0.3, -0.25) is 4.90 Å². The van der Waals surface area contributed by atoms with Gasteiger partial charge in [0.15, 0.2) is 11.5 Å². The molecule has 4 heteroatoms. The predicted molar refractivity (Wildman–Crippen MR) is 78.8 cm³/mol. The van der Waals surface area contributed by atoms with E-state index in [0.29, 0.717) is 19.1 Å². The van der Waals surface area contributed by atoms with Crippen LogP contribution in [0.2, 0.25) is 0 Å². The van der Waals surface area contributed by atoms with Gasteiger partial charge in [-0.1, -0.05) is 26.0 Å². The lowest BCUT2D eigenvalue weighted by Gasteiger charge is -2.23. The Morgan fingerprint density at radius 1 is 1.16 bits per heavy atom. The molecule has 1 aromatic rings. The average molecular weight is 266 g/mol. The van der Waals surface area contributed by atoms with E-state index in [1.807, 2.05) is 24.3 Å². The summed E-state index contributed by atoms with van der Waals surface area (Å²) >= 11 is 0. The molecular formula is C15H26N2O2. The molecule has 19 heavy (non-hydrogen) atoms. The van der Waals surface area contributed by atoms with Crippen LogP contribution in [0.4, 0.5) is 0 Å². The lowest BCUT2D eigenvalue weighted by atomic mass is 10.2. The highest BCUT2D eigenvalue weighted by atomic mass is 16.5. The second kappa shape index (κ2) is 8.77. The van der Waals surface area contributed by atoms with Crippen LogP contribution in [0.15, 0.2) is 24.3 Å². The van der Waals surface area contributed by atoms with Crippen LogP contribution in [-0.4, -0.2) is 44.8 Å². The monoisotopic (exact) mass is 266 g/mol. The van der Waals surface area contributed by atoms with Gasteiger partial charge in [-0.05, 0) is 18.1 Å². The summed E-state index contributed by atoms with van der Waals surface area (Å²) in [7, 11) is 1.65. The first kappa shape index (κ1) is 15.8. The fourth-order valence-electron chi connectivity index (χ4n) is 2.02. The van der Waals surface area contributed by atoms with Crippen LogP contribution in [-0.2, 0) is 0 Å². The summed E-state index contributed by atoms with van der Waals surface area (Å²) < 4.78 is 11.0. The second-order valence-corrected chi connectivity index (χ2v) is 4.98. The zero-order valence-corrected chi connectivity index (χ0v) is 12.3. The van der Waals surface area contributed by atoms with E-state index in [1.54, 1.807) is 7.11 Å². The molecule has 1 aromatic carbocycles. The lowest BCUT2D eigenvalue weighted by molar-refractivity contribution is 0.193. The molecule has 0 aliphatic heterocycles. The van der Waals surface area contributed by atoms with Crippen molar-refractivity contribution in [3.8, 4) is 11.5 Å². The Hall–Kier alpha value is -1.26. The Morgan fingerprint density at radius 2 is 1.84 bits per heavy atom. The molecule has 2 N–H and O–H groups in total. The molecule has 0 spiro atoms. The van der Waals surface area contributed by atoms with E-state index < -0.39 is 0 Å². The van der Waals surface area contributed by atoms with Gasteiger partial charge in [0.2, 0.25) is 0 Å². The van der Waals surface area contributed by atoms with Gasteiger partial charge in [0.25, 0.3) is 0 Å². The van der Waals surface area contributed by atoms with E-state index in [1.165, 1.54) is 0 Å². The molecule has 0 aromatic heterocycles. The number of methoxy groups -OCH3 is 1. The normalized spacial score (nSPS) is 11.1. The first-order chi connectivity index (χ1) is 9.17. The van der Waals surface area contributed by atoms with Crippen LogP contribution in [0.1, 0.15) is 13.8 Å². The number of rotatable bonds is 9. The maximum atomic E-state index is 5.78. The number of hydrogen-bond acceptors (Lipinski definition) is 4. The Kier molecular flexibility index (Phi) is 7.30. The minimum atomic E-state index is 0.637. The van der Waals surface area contributed by atoms with Crippen molar-refractivity contribution >= 4 is 0 Å². The number of nitrogens with zero attached hydrogens (tertiary/aromatic N) is 1. The largest absolute Gasteiger partial charge is 0.493 e. The smallest absolute Gasteiger partial charge is 0.161 e. The molecule has 0 radical (unpaired) electrons. The zero-order valence-electron chi connectivity index (χ0n) is 12.3. The summed E-state index contributed by atoms with van der Waals surface area (Å²) in [4.78, 5) is 2.33. The van der Waals surface area contributed by atoms with Crippen molar-refractivity contribution in [2.24, 2.45) is 11.7 Å². The number of ether oxygens (including phenoxy) is 2. The van der Waals surface area contributed by atoms with E-state index >= 15 is 0 Å². The van der Waals surface area contributed by atoms with Crippen LogP contribution in [0.5, 0.6) is 11.5 Å². The van der Waals surface area contributed by atoms with Crippen LogP contribution in [0, 0.1) is 5.92 Å². The van der Waals surface area contributed by atoms with Gasteiger partial charge in [-0.15, -0.1) is 0 Å². The van der Waals surface area contributed by atoms with Gasteiger partial charge in [-0.25, -0.2) is 0 Å². The van der Waals surface area contributed by atoms with Crippen molar-refractivity contribution in [1.29, 1.82) is 0 Å². The van der Waals surface area contributed by atoms with Crippen LogP contribution in [0.3, 0.4) is 0 Å². The zero-order chi connectivity index (χ0) is 14.1. The third-order valence-corrected chi connectivity index (χ3v) is 2.80. The summed E-state index contributed by atoms with van der Waals surface area (Å²) in [6.07, 6.45) is 0. The predicted octanol–water partition coefficient (Wildman–Crippen LogP) is 1.99. The molecule has 0 fully saturated rings. The Labute approximate surface area is 116 Å². The molecule has 0 aliphatic carbocycles. The van der Waals surface area contributed by atoms with E-state index in [4.69, 9.17) is 15.2 Å². The highest BCUT2D eigenvalue weighted by Crippen LogP contribution is 2.25. The van der Waals surface area contributed by atoms with Gasteiger partial charge >= 0.3 is 0 Å². The topological polar surface area (TPSA) is 47.7 Å². The minimum Gasteiger partial charge on any atom is -0.493 e. The summed E-state index contributed by atoms with van der Waals surface area (Å²) in [6, 6.07) is 7.71. The molecule has 4 nitrogen and oxygen atoms in total. The van der Waals surface area contributed by atoms with Crippen molar-refractivity contribution in [1.82, 2.24) is 4.90 Å². The van der Waals surface area contributed by atoms with Gasteiger partial charge in [0.1, 0.15) is 6.61 Å². The maximum absolute atomic E-state index is 5.78. The van der Waals surface area contributed by atoms with E-state index in [0.717, 1.165) is 31.1 Å². The Bertz CT molecular complexity index is 356. The number of nitrogens with two attached hydrogens (primary N) is 1. The van der Waals surface area contributed by atoms with E-state index in [-0.39, 0.29) is 0 Å². The minimum absolute atomic E-state index is 0.637.